The van der Waals surface area contributed by atoms with Crippen molar-refractivity contribution in [1.82, 2.24) is 4.67 Å². The molecule has 0 unspecified atom stereocenters. The lowest BCUT2D eigenvalue weighted by Gasteiger charge is -2.43. The van der Waals surface area contributed by atoms with Gasteiger partial charge in [-0.3, -0.25) is 4.67 Å². The second-order valence-electron chi connectivity index (χ2n) is 10.2. The summed E-state index contributed by atoms with van der Waals surface area (Å²) in [6.07, 6.45) is 2.02. The van der Waals surface area contributed by atoms with E-state index in [0.717, 1.165) is 38.9 Å². The van der Waals surface area contributed by atoms with E-state index >= 15 is 0 Å². The summed E-state index contributed by atoms with van der Waals surface area (Å²) in [5.41, 5.74) is 4.26. The third kappa shape index (κ3) is 4.26. The van der Waals surface area contributed by atoms with Crippen LogP contribution in [0.1, 0.15) is 29.1 Å². The second-order valence-corrected chi connectivity index (χ2v) is 15.1. The lowest BCUT2D eigenvalue weighted by molar-refractivity contribution is 0.0606. The Bertz CT molecular complexity index is 1570. The zero-order chi connectivity index (χ0) is 27.4. The number of hydrogen-bond acceptors (Lipinski definition) is 7. The van der Waals surface area contributed by atoms with Gasteiger partial charge in [-0.05, 0) is 42.0 Å². The van der Waals surface area contributed by atoms with Crippen LogP contribution in [0.2, 0.25) is 0 Å². The van der Waals surface area contributed by atoms with Crippen molar-refractivity contribution in [2.75, 3.05) is 45.4 Å². The Labute approximate surface area is 241 Å². The molecule has 3 aromatic rings. The number of esters is 1. The molecule has 3 aliphatic heterocycles. The Hall–Kier alpha value is -2.55. The van der Waals surface area contributed by atoms with Crippen molar-refractivity contribution in [3.63, 3.8) is 0 Å². The molecule has 7 nitrogen and oxygen atoms in total. The molecule has 0 saturated carbocycles. The Morgan fingerprint density at radius 2 is 1.87 bits per heavy atom. The van der Waals surface area contributed by atoms with Crippen molar-refractivity contribution in [1.29, 1.82) is 0 Å². The molecule has 202 valence electrons. The molecule has 1 saturated heterocycles. The van der Waals surface area contributed by atoms with E-state index in [4.69, 9.17) is 19.2 Å². The van der Waals surface area contributed by atoms with E-state index in [1.54, 1.807) is 0 Å². The molecule has 1 atom stereocenters. The van der Waals surface area contributed by atoms with E-state index in [2.05, 4.69) is 70.7 Å². The van der Waals surface area contributed by atoms with Gasteiger partial charge >= 0.3 is 5.97 Å². The number of carbonyl (C=O) groups is 1. The molecular formula is C29H30BrN4O3PS. The third-order valence-electron chi connectivity index (χ3n) is 7.65. The number of rotatable bonds is 3. The summed E-state index contributed by atoms with van der Waals surface area (Å²) in [7, 11) is 0.885. The minimum Gasteiger partial charge on any atom is -0.465 e. The first kappa shape index (κ1) is 26.7. The smallest absolute Gasteiger partial charge is 0.348 e. The van der Waals surface area contributed by atoms with Crippen LogP contribution in [0.4, 0.5) is 16.4 Å². The third-order valence-corrected chi connectivity index (χ3v) is 13.1. The molecule has 1 aromatic heterocycles. The Kier molecular flexibility index (Phi) is 6.92. The van der Waals surface area contributed by atoms with Crippen LogP contribution in [0.3, 0.4) is 0 Å². The normalized spacial score (nSPS) is 23.9. The van der Waals surface area contributed by atoms with E-state index in [1.165, 1.54) is 35.4 Å². The predicted octanol–water partition coefficient (Wildman–Crippen LogP) is 7.06. The molecule has 0 radical (unpaired) electrons. The van der Waals surface area contributed by atoms with Gasteiger partial charge in [0.15, 0.2) is 0 Å². The lowest BCUT2D eigenvalue weighted by atomic mass is 9.84. The van der Waals surface area contributed by atoms with Crippen LogP contribution >= 0.6 is 34.5 Å². The maximum absolute atomic E-state index is 12.7. The number of morpholine rings is 1. The summed E-state index contributed by atoms with van der Waals surface area (Å²) in [6, 6.07) is 18.7. The standard InChI is InChI=1S/C29H30BrN4O3PS/c1-29(2)21-7-5-6-8-22(21)33(3)26(29)24-18-31-27-23(17-25(39-27)28(35)36-4)38(24,34-13-15-37-16-14-34)32-20-11-9-19(30)10-12-20/h5-12,17-18H,13-16H2,1-4H3/b26-24-/t38-/m1/s1. The van der Waals surface area contributed by atoms with Gasteiger partial charge in [0.25, 0.3) is 0 Å². The molecule has 3 aliphatic rings. The van der Waals surface area contributed by atoms with Crippen LogP contribution in [-0.2, 0) is 14.9 Å². The van der Waals surface area contributed by atoms with Gasteiger partial charge in [-0.1, -0.05) is 48.0 Å². The van der Waals surface area contributed by atoms with Gasteiger partial charge in [0, 0.05) is 58.2 Å². The van der Waals surface area contributed by atoms with Crippen molar-refractivity contribution in [3.8, 4) is 0 Å². The average molecular weight is 626 g/mol. The largest absolute Gasteiger partial charge is 0.465 e. The molecule has 10 heteroatoms. The number of para-hydroxylation sites is 1. The van der Waals surface area contributed by atoms with Gasteiger partial charge in [-0.2, -0.15) is 0 Å². The zero-order valence-corrected chi connectivity index (χ0v) is 25.6. The van der Waals surface area contributed by atoms with Gasteiger partial charge < -0.3 is 14.4 Å². The number of benzene rings is 2. The molecule has 1 fully saturated rings. The quantitative estimate of drug-likeness (QED) is 0.231. The first-order valence-corrected chi connectivity index (χ1v) is 16.1. The number of hydrogen-bond donors (Lipinski definition) is 0. The fourth-order valence-electron chi connectivity index (χ4n) is 5.88. The number of aliphatic imine (C=N–C) groups is 1. The van der Waals surface area contributed by atoms with Crippen molar-refractivity contribution in [2.24, 2.45) is 9.74 Å². The monoisotopic (exact) mass is 624 g/mol. The maximum atomic E-state index is 12.7. The van der Waals surface area contributed by atoms with Crippen molar-refractivity contribution >= 4 is 68.3 Å². The predicted molar refractivity (Wildman–Crippen MR) is 164 cm³/mol. The van der Waals surface area contributed by atoms with Crippen molar-refractivity contribution in [2.45, 2.75) is 19.3 Å². The Morgan fingerprint density at radius 3 is 2.56 bits per heavy atom. The number of ether oxygens (including phenoxy) is 2. The number of likely N-dealkylation sites (N-methyl/N-ethyl adjacent to an activating group) is 1. The van der Waals surface area contributed by atoms with Crippen LogP contribution in [0.5, 0.6) is 0 Å². The molecule has 6 rings (SSSR count). The Balaban J connectivity index is 1.73. The van der Waals surface area contributed by atoms with Crippen molar-refractivity contribution < 1.29 is 14.3 Å². The van der Waals surface area contributed by atoms with E-state index in [-0.39, 0.29) is 11.4 Å². The Morgan fingerprint density at radius 1 is 1.15 bits per heavy atom. The molecular weight excluding hydrogens is 595 g/mol. The molecule has 0 amide bonds. The lowest BCUT2D eigenvalue weighted by Crippen LogP contribution is -2.39. The number of fused-ring (bicyclic) bond motifs is 2. The summed E-state index contributed by atoms with van der Waals surface area (Å²) in [5.74, 6) is -0.353. The van der Waals surface area contributed by atoms with Gasteiger partial charge in [-0.25, -0.2) is 14.5 Å². The van der Waals surface area contributed by atoms with E-state index in [0.29, 0.717) is 18.1 Å². The van der Waals surface area contributed by atoms with E-state index < -0.39 is 7.21 Å². The fraction of sp³-hybridized carbons (Fsp3) is 0.310. The first-order valence-electron chi connectivity index (χ1n) is 12.8. The molecule has 0 spiro atoms. The highest BCUT2D eigenvalue weighted by Gasteiger charge is 2.48. The van der Waals surface area contributed by atoms with E-state index in [1.807, 2.05) is 36.5 Å². The zero-order valence-electron chi connectivity index (χ0n) is 22.3. The number of methoxy groups -OCH3 is 1. The first-order chi connectivity index (χ1) is 18.8. The highest BCUT2D eigenvalue weighted by Crippen LogP contribution is 2.67. The van der Waals surface area contributed by atoms with Gasteiger partial charge in [0.05, 0.1) is 26.0 Å². The molecule has 0 aliphatic carbocycles. The van der Waals surface area contributed by atoms with Crippen LogP contribution < -0.4 is 10.2 Å². The number of thiophene rings is 1. The molecule has 2 aromatic carbocycles. The molecule has 39 heavy (non-hydrogen) atoms. The fourth-order valence-corrected chi connectivity index (χ4v) is 11.6. The summed E-state index contributed by atoms with van der Waals surface area (Å²) in [6.45, 7) is 7.28. The summed E-state index contributed by atoms with van der Waals surface area (Å²) in [5, 5.41) is 2.93. The number of carbonyl (C=O) groups excluding carboxylic acids is 1. The van der Waals surface area contributed by atoms with Gasteiger partial charge in [0.1, 0.15) is 17.1 Å². The van der Waals surface area contributed by atoms with Crippen LogP contribution in [-0.4, -0.2) is 57.3 Å². The summed E-state index contributed by atoms with van der Waals surface area (Å²) >= 11 is 4.95. The number of halogens is 1. The number of anilines is 1. The molecule has 0 N–H and O–H groups in total. The SMILES string of the molecule is COC(=O)c1cc2c(s1)N=C/C(=C1/N(C)c3ccccc3C1(C)C)[P@]2(=Nc1ccc(Br)cc1)N1CCOCC1. The van der Waals surface area contributed by atoms with E-state index in [9.17, 15) is 4.79 Å². The van der Waals surface area contributed by atoms with Crippen molar-refractivity contribution in [3.05, 3.63) is 80.5 Å². The van der Waals surface area contributed by atoms with Gasteiger partial charge in [0.2, 0.25) is 0 Å². The average Bonchev–Trinajstić information content (AvgIpc) is 3.48. The van der Waals surface area contributed by atoms with Crippen LogP contribution in [0.15, 0.2) is 79.8 Å². The minimum atomic E-state index is -2.67. The molecule has 0 bridgehead atoms. The highest BCUT2D eigenvalue weighted by molar-refractivity contribution is 9.10. The van der Waals surface area contributed by atoms with Gasteiger partial charge in [-0.15, -0.1) is 11.3 Å². The summed E-state index contributed by atoms with van der Waals surface area (Å²) < 4.78 is 20.1. The summed E-state index contributed by atoms with van der Waals surface area (Å²) in [4.78, 5) is 20.5. The highest BCUT2D eigenvalue weighted by atomic mass is 79.9. The minimum absolute atomic E-state index is 0.280. The number of nitrogens with zero attached hydrogens (tertiary/aromatic N) is 4. The van der Waals surface area contributed by atoms with Crippen LogP contribution in [0.25, 0.3) is 0 Å². The van der Waals surface area contributed by atoms with Crippen LogP contribution in [0, 0.1) is 0 Å². The second kappa shape index (κ2) is 10.1. The topological polar surface area (TPSA) is 66.7 Å². The number of allylic oxidation sites excluding steroid dienone is 2. The molecule has 4 heterocycles. The maximum Gasteiger partial charge on any atom is 0.348 e.